The number of likely N-dealkylation sites (tertiary alicyclic amines) is 1. The first-order valence-corrected chi connectivity index (χ1v) is 9.82. The van der Waals surface area contributed by atoms with Crippen LogP contribution in [-0.4, -0.2) is 60.5 Å². The molecule has 1 N–H and O–H groups in total. The Hall–Kier alpha value is -2.40. The third-order valence-electron chi connectivity index (χ3n) is 5.06. The lowest BCUT2D eigenvalue weighted by Crippen LogP contribution is -2.42. The summed E-state index contributed by atoms with van der Waals surface area (Å²) in [5.74, 6) is 0.831. The quantitative estimate of drug-likeness (QED) is 0.817. The highest BCUT2D eigenvalue weighted by Gasteiger charge is 2.20. The monoisotopic (exact) mass is 366 g/mol. The molecule has 5 heteroatoms. The van der Waals surface area contributed by atoms with Gasteiger partial charge in [-0.3, -0.25) is 4.79 Å². The Bertz CT molecular complexity index is 715. The van der Waals surface area contributed by atoms with E-state index in [1.165, 1.54) is 24.9 Å². The van der Waals surface area contributed by atoms with Crippen molar-refractivity contribution in [1.82, 2.24) is 14.8 Å². The molecule has 1 atom stereocenters. The van der Waals surface area contributed by atoms with E-state index in [0.717, 1.165) is 31.7 Å². The molecule has 2 aromatic rings. The molecule has 3 rings (SSSR count). The molecule has 1 saturated heterocycles. The lowest BCUT2D eigenvalue weighted by Gasteiger charge is -2.33. The highest BCUT2D eigenvalue weighted by molar-refractivity contribution is 5.93. The smallest absolute Gasteiger partial charge is 0.254 e. The van der Waals surface area contributed by atoms with Crippen LogP contribution in [0.3, 0.4) is 0 Å². The summed E-state index contributed by atoms with van der Waals surface area (Å²) < 4.78 is 0. The molecular weight excluding hydrogens is 336 g/mol. The fourth-order valence-electron chi connectivity index (χ4n) is 3.60. The molecule has 0 bridgehead atoms. The first kappa shape index (κ1) is 19.4. The molecule has 0 aliphatic carbocycles. The summed E-state index contributed by atoms with van der Waals surface area (Å²) >= 11 is 0. The van der Waals surface area contributed by atoms with Crippen LogP contribution in [0.1, 0.15) is 35.2 Å². The normalized spacial score (nSPS) is 17.5. The second-order valence-corrected chi connectivity index (χ2v) is 7.50. The molecule has 1 aliphatic rings. The molecule has 1 aliphatic heterocycles. The fraction of sp³-hybridized carbons (Fsp3) is 0.455. The molecule has 1 unspecified atom stereocenters. The Labute approximate surface area is 162 Å². The summed E-state index contributed by atoms with van der Waals surface area (Å²) in [5, 5.41) is 3.54. The summed E-state index contributed by atoms with van der Waals surface area (Å²) in [6.45, 7) is 3.36. The van der Waals surface area contributed by atoms with Gasteiger partial charge in [-0.15, -0.1) is 0 Å². The molecular formula is C22H30N4O. The van der Waals surface area contributed by atoms with Crippen LogP contribution < -0.4 is 5.32 Å². The van der Waals surface area contributed by atoms with Gasteiger partial charge in [-0.05, 0) is 56.5 Å². The van der Waals surface area contributed by atoms with Crippen LogP contribution in [0.5, 0.6) is 0 Å². The van der Waals surface area contributed by atoms with E-state index in [1.54, 1.807) is 25.2 Å². The van der Waals surface area contributed by atoms with Gasteiger partial charge < -0.3 is 15.1 Å². The van der Waals surface area contributed by atoms with E-state index in [-0.39, 0.29) is 5.91 Å². The minimum Gasteiger partial charge on any atom is -0.366 e. The van der Waals surface area contributed by atoms with Crippen LogP contribution in [0.15, 0.2) is 48.7 Å². The average molecular weight is 367 g/mol. The molecule has 1 aromatic carbocycles. The number of nitrogens with one attached hydrogen (secondary N) is 1. The first-order valence-electron chi connectivity index (χ1n) is 9.82. The standard InChI is InChI=1S/C22H30N4O/c1-25(2)22(27)19-12-13-21(23-16-19)24-20-11-7-15-26(17-20)14-6-10-18-8-4-3-5-9-18/h3-5,8-9,12-13,16,20H,6-7,10-11,14-15,17H2,1-2H3,(H,23,24). The maximum absolute atomic E-state index is 12.0. The van der Waals surface area contributed by atoms with Gasteiger partial charge in [0.2, 0.25) is 0 Å². The number of carbonyl (C=O) groups is 1. The van der Waals surface area contributed by atoms with E-state index in [4.69, 9.17) is 0 Å². The van der Waals surface area contributed by atoms with Crippen LogP contribution in [-0.2, 0) is 6.42 Å². The van der Waals surface area contributed by atoms with Gasteiger partial charge in [-0.1, -0.05) is 30.3 Å². The molecule has 0 saturated carbocycles. The van der Waals surface area contributed by atoms with Gasteiger partial charge in [0.1, 0.15) is 5.82 Å². The van der Waals surface area contributed by atoms with Crippen molar-refractivity contribution in [3.63, 3.8) is 0 Å². The average Bonchev–Trinajstić information content (AvgIpc) is 2.69. The summed E-state index contributed by atoms with van der Waals surface area (Å²) in [5.41, 5.74) is 2.04. The van der Waals surface area contributed by atoms with Crippen LogP contribution in [0, 0.1) is 0 Å². The maximum atomic E-state index is 12.0. The zero-order chi connectivity index (χ0) is 19.1. The Kier molecular flexibility index (Phi) is 6.82. The third kappa shape index (κ3) is 5.79. The molecule has 1 fully saturated rings. The third-order valence-corrected chi connectivity index (χ3v) is 5.06. The molecule has 144 valence electrons. The zero-order valence-corrected chi connectivity index (χ0v) is 16.4. The van der Waals surface area contributed by atoms with Crippen molar-refractivity contribution in [1.29, 1.82) is 0 Å². The second-order valence-electron chi connectivity index (χ2n) is 7.50. The van der Waals surface area contributed by atoms with Crippen molar-refractivity contribution in [2.75, 3.05) is 39.0 Å². The molecule has 2 heterocycles. The lowest BCUT2D eigenvalue weighted by molar-refractivity contribution is 0.0827. The van der Waals surface area contributed by atoms with Crippen molar-refractivity contribution in [2.24, 2.45) is 0 Å². The largest absolute Gasteiger partial charge is 0.366 e. The molecule has 0 radical (unpaired) electrons. The van der Waals surface area contributed by atoms with E-state index in [1.807, 2.05) is 12.1 Å². The van der Waals surface area contributed by atoms with Crippen LogP contribution >= 0.6 is 0 Å². The number of rotatable bonds is 7. The van der Waals surface area contributed by atoms with Crippen molar-refractivity contribution in [2.45, 2.75) is 31.7 Å². The van der Waals surface area contributed by atoms with Gasteiger partial charge in [-0.25, -0.2) is 4.98 Å². The lowest BCUT2D eigenvalue weighted by atomic mass is 10.0. The van der Waals surface area contributed by atoms with E-state index >= 15 is 0 Å². The van der Waals surface area contributed by atoms with Crippen molar-refractivity contribution < 1.29 is 4.79 Å². The van der Waals surface area contributed by atoms with Gasteiger partial charge in [0.05, 0.1) is 5.56 Å². The number of hydrogen-bond donors (Lipinski definition) is 1. The fourth-order valence-corrected chi connectivity index (χ4v) is 3.60. The molecule has 1 aromatic heterocycles. The predicted molar refractivity (Wildman–Crippen MR) is 110 cm³/mol. The molecule has 27 heavy (non-hydrogen) atoms. The van der Waals surface area contributed by atoms with E-state index in [0.29, 0.717) is 11.6 Å². The number of amides is 1. The van der Waals surface area contributed by atoms with Crippen LogP contribution in [0.4, 0.5) is 5.82 Å². The van der Waals surface area contributed by atoms with Crippen molar-refractivity contribution in [3.05, 3.63) is 59.8 Å². The number of pyridine rings is 1. The second kappa shape index (κ2) is 9.51. The summed E-state index contributed by atoms with van der Waals surface area (Å²) in [6, 6.07) is 14.9. The maximum Gasteiger partial charge on any atom is 0.254 e. The molecule has 1 amide bonds. The van der Waals surface area contributed by atoms with E-state index in [9.17, 15) is 4.79 Å². The highest BCUT2D eigenvalue weighted by Crippen LogP contribution is 2.16. The Morgan fingerprint density at radius 3 is 2.74 bits per heavy atom. The summed E-state index contributed by atoms with van der Waals surface area (Å²) in [7, 11) is 3.51. The van der Waals surface area contributed by atoms with Crippen molar-refractivity contribution in [3.8, 4) is 0 Å². The predicted octanol–water partition coefficient (Wildman–Crippen LogP) is 3.29. The van der Waals surface area contributed by atoms with Gasteiger partial charge >= 0.3 is 0 Å². The Morgan fingerprint density at radius 2 is 2.04 bits per heavy atom. The van der Waals surface area contributed by atoms with E-state index in [2.05, 4.69) is 45.5 Å². The summed E-state index contributed by atoms with van der Waals surface area (Å²) in [4.78, 5) is 20.5. The topological polar surface area (TPSA) is 48.5 Å². The number of anilines is 1. The number of hydrogen-bond acceptors (Lipinski definition) is 4. The van der Waals surface area contributed by atoms with Crippen LogP contribution in [0.2, 0.25) is 0 Å². The summed E-state index contributed by atoms with van der Waals surface area (Å²) in [6.07, 6.45) is 6.36. The van der Waals surface area contributed by atoms with Crippen LogP contribution in [0.25, 0.3) is 0 Å². The van der Waals surface area contributed by atoms with Gasteiger partial charge in [0, 0.05) is 32.9 Å². The zero-order valence-electron chi connectivity index (χ0n) is 16.4. The SMILES string of the molecule is CN(C)C(=O)c1ccc(NC2CCCN(CCCc3ccccc3)C2)nc1. The van der Waals surface area contributed by atoms with Gasteiger partial charge in [0.15, 0.2) is 0 Å². The molecule has 0 spiro atoms. The van der Waals surface area contributed by atoms with E-state index < -0.39 is 0 Å². The number of nitrogens with zero attached hydrogens (tertiary/aromatic N) is 3. The number of aromatic nitrogens is 1. The number of piperidine rings is 1. The van der Waals surface area contributed by atoms with Crippen molar-refractivity contribution >= 4 is 11.7 Å². The molecule has 5 nitrogen and oxygen atoms in total. The number of carbonyl (C=O) groups excluding carboxylic acids is 1. The minimum atomic E-state index is -0.0173. The minimum absolute atomic E-state index is 0.0173. The highest BCUT2D eigenvalue weighted by atomic mass is 16.2. The van der Waals surface area contributed by atoms with Gasteiger partial charge in [0.25, 0.3) is 5.91 Å². The van der Waals surface area contributed by atoms with Gasteiger partial charge in [-0.2, -0.15) is 0 Å². The Balaban J connectivity index is 1.46. The number of benzene rings is 1. The number of aryl methyl sites for hydroxylation is 1. The Morgan fingerprint density at radius 1 is 1.22 bits per heavy atom. The first-order chi connectivity index (χ1) is 13.1.